The maximum absolute atomic E-state index is 12.2. The predicted octanol–water partition coefficient (Wildman–Crippen LogP) is 2.15. The molecule has 0 aromatic heterocycles. The zero-order valence-electron chi connectivity index (χ0n) is 5.15. The molecule has 1 atom stereocenters. The molecule has 0 rings (SSSR count). The molecule has 0 heterocycles. The molecular weight excluding hydrogens is 103 g/mol. The summed E-state index contributed by atoms with van der Waals surface area (Å²) < 4.78 is 12.2. The molecule has 0 saturated heterocycles. The van der Waals surface area contributed by atoms with Gasteiger partial charge in [0.05, 0.1) is 0 Å². The predicted molar refractivity (Wildman–Crippen MR) is 33.3 cm³/mol. The van der Waals surface area contributed by atoms with Crippen LogP contribution in [0.1, 0.15) is 26.2 Å². The van der Waals surface area contributed by atoms with Crippen LogP contribution in [0.4, 0.5) is 4.39 Å². The molecule has 0 aromatic rings. The van der Waals surface area contributed by atoms with E-state index in [1.54, 1.807) is 0 Å². The molecule has 0 aliphatic carbocycles. The number of alkyl halides is 1. The van der Waals surface area contributed by atoms with Crippen molar-refractivity contribution in [2.24, 2.45) is 0 Å². The molecule has 0 saturated carbocycles. The third kappa shape index (κ3) is 3.67. The van der Waals surface area contributed by atoms with Gasteiger partial charge < -0.3 is 0 Å². The molecule has 1 heteroatoms. The molecule has 0 aromatic carbocycles. The van der Waals surface area contributed by atoms with Crippen molar-refractivity contribution in [1.82, 2.24) is 0 Å². The van der Waals surface area contributed by atoms with Gasteiger partial charge in [-0.2, -0.15) is 0 Å². The zero-order valence-corrected chi connectivity index (χ0v) is 5.15. The summed E-state index contributed by atoms with van der Waals surface area (Å²) in [5.41, 5.74) is 0. The molecule has 0 unspecified atom stereocenters. The van der Waals surface area contributed by atoms with Crippen LogP contribution in [0.25, 0.3) is 0 Å². The molecule has 0 aliphatic rings. The van der Waals surface area contributed by atoms with Crippen molar-refractivity contribution in [3.8, 4) is 12.3 Å². The van der Waals surface area contributed by atoms with Crippen LogP contribution in [-0.4, -0.2) is 6.17 Å². The average Bonchev–Trinajstić information content (AvgIpc) is 1.83. The molecule has 0 N–H and O–H groups in total. The van der Waals surface area contributed by atoms with Gasteiger partial charge in [-0.3, -0.25) is 0 Å². The lowest BCUT2D eigenvalue weighted by atomic mass is 10.2. The Morgan fingerprint density at radius 1 is 1.75 bits per heavy atom. The maximum Gasteiger partial charge on any atom is 0.101 e. The van der Waals surface area contributed by atoms with Crippen molar-refractivity contribution in [3.63, 3.8) is 0 Å². The minimum absolute atomic E-state index is 0.521. The first-order valence-corrected chi connectivity index (χ1v) is 2.88. The monoisotopic (exact) mass is 114 g/mol. The van der Waals surface area contributed by atoms with Crippen molar-refractivity contribution in [2.45, 2.75) is 32.4 Å². The van der Waals surface area contributed by atoms with Crippen LogP contribution in [0.5, 0.6) is 0 Å². The van der Waals surface area contributed by atoms with Crippen LogP contribution in [0, 0.1) is 12.3 Å². The van der Waals surface area contributed by atoms with Gasteiger partial charge in [0.15, 0.2) is 0 Å². The van der Waals surface area contributed by atoms with Crippen LogP contribution in [0.2, 0.25) is 0 Å². The zero-order chi connectivity index (χ0) is 6.41. The normalized spacial score (nSPS) is 12.6. The Bertz CT molecular complexity index is 80.9. The highest BCUT2D eigenvalue weighted by molar-refractivity contribution is 4.83. The summed E-state index contributed by atoms with van der Waals surface area (Å²) in [5.74, 6) is 2.39. The molecule has 0 aliphatic heterocycles. The van der Waals surface area contributed by atoms with Crippen LogP contribution in [0.3, 0.4) is 0 Å². The molecule has 0 bridgehead atoms. The summed E-state index contributed by atoms with van der Waals surface area (Å²) in [6.07, 6.45) is 5.90. The molecule has 0 nitrogen and oxygen atoms in total. The van der Waals surface area contributed by atoms with E-state index in [0.717, 1.165) is 0 Å². The Morgan fingerprint density at radius 2 is 2.38 bits per heavy atom. The molecule has 46 valence electrons. The third-order valence-electron chi connectivity index (χ3n) is 1.04. The molecule has 0 amide bonds. The summed E-state index contributed by atoms with van der Waals surface area (Å²) in [7, 11) is 0. The topological polar surface area (TPSA) is 0 Å². The van der Waals surface area contributed by atoms with E-state index in [1.807, 2.05) is 6.92 Å². The highest BCUT2D eigenvalue weighted by atomic mass is 19.1. The molecule has 0 fully saturated rings. The van der Waals surface area contributed by atoms with E-state index in [9.17, 15) is 4.39 Å². The van der Waals surface area contributed by atoms with E-state index in [2.05, 4.69) is 5.92 Å². The third-order valence-corrected chi connectivity index (χ3v) is 1.04. The van der Waals surface area contributed by atoms with E-state index < -0.39 is 6.17 Å². The van der Waals surface area contributed by atoms with Gasteiger partial charge >= 0.3 is 0 Å². The first-order valence-electron chi connectivity index (χ1n) is 2.88. The fourth-order valence-corrected chi connectivity index (χ4v) is 0.444. The fraction of sp³-hybridized carbons (Fsp3) is 0.714. The van der Waals surface area contributed by atoms with Gasteiger partial charge in [-0.15, -0.1) is 12.3 Å². The number of hydrogen-bond acceptors (Lipinski definition) is 0. The van der Waals surface area contributed by atoms with Gasteiger partial charge in [0, 0.05) is 6.42 Å². The van der Waals surface area contributed by atoms with Crippen molar-refractivity contribution in [1.29, 1.82) is 0 Å². The second-order valence-electron chi connectivity index (χ2n) is 1.75. The minimum Gasteiger partial charge on any atom is -0.247 e. The maximum atomic E-state index is 12.2. The van der Waals surface area contributed by atoms with Gasteiger partial charge in [0.1, 0.15) is 6.17 Å². The van der Waals surface area contributed by atoms with Crippen molar-refractivity contribution >= 4 is 0 Å². The lowest BCUT2D eigenvalue weighted by molar-refractivity contribution is 0.309. The van der Waals surface area contributed by atoms with E-state index >= 15 is 0 Å². The van der Waals surface area contributed by atoms with Crippen LogP contribution in [-0.2, 0) is 0 Å². The fourth-order valence-electron chi connectivity index (χ4n) is 0.444. The molecule has 0 radical (unpaired) electrons. The minimum atomic E-state index is -0.689. The van der Waals surface area contributed by atoms with E-state index in [4.69, 9.17) is 6.42 Å². The smallest absolute Gasteiger partial charge is 0.101 e. The Kier molecular flexibility index (Phi) is 4.35. The van der Waals surface area contributed by atoms with Crippen LogP contribution < -0.4 is 0 Å². The van der Waals surface area contributed by atoms with Crippen LogP contribution in [0.15, 0.2) is 0 Å². The Morgan fingerprint density at radius 3 is 2.75 bits per heavy atom. The second-order valence-corrected chi connectivity index (χ2v) is 1.75. The summed E-state index contributed by atoms with van der Waals surface area (Å²) >= 11 is 0. The second kappa shape index (κ2) is 4.64. The Balaban J connectivity index is 3.01. The first kappa shape index (κ1) is 7.49. The van der Waals surface area contributed by atoms with Gasteiger partial charge in [-0.25, -0.2) is 4.39 Å². The Labute approximate surface area is 50.1 Å². The number of terminal acetylenes is 1. The summed E-state index contributed by atoms with van der Waals surface area (Å²) in [6, 6.07) is 0. The highest BCUT2D eigenvalue weighted by Gasteiger charge is 1.98. The summed E-state index contributed by atoms with van der Waals surface area (Å²) in [4.78, 5) is 0. The van der Waals surface area contributed by atoms with Crippen LogP contribution >= 0.6 is 0 Å². The SMILES string of the molecule is C#CCC[C@@H](F)CC. The largest absolute Gasteiger partial charge is 0.247 e. The lowest BCUT2D eigenvalue weighted by Crippen LogP contribution is -1.94. The van der Waals surface area contributed by atoms with Crippen molar-refractivity contribution < 1.29 is 4.39 Å². The van der Waals surface area contributed by atoms with E-state index in [1.165, 1.54) is 0 Å². The molecule has 0 spiro atoms. The van der Waals surface area contributed by atoms with E-state index in [-0.39, 0.29) is 0 Å². The highest BCUT2D eigenvalue weighted by Crippen LogP contribution is 2.03. The quantitative estimate of drug-likeness (QED) is 0.493. The van der Waals surface area contributed by atoms with E-state index in [0.29, 0.717) is 19.3 Å². The molecular formula is C7H11F. The molecule has 8 heavy (non-hydrogen) atoms. The van der Waals surface area contributed by atoms with Crippen molar-refractivity contribution in [3.05, 3.63) is 0 Å². The van der Waals surface area contributed by atoms with Crippen molar-refractivity contribution in [2.75, 3.05) is 0 Å². The van der Waals surface area contributed by atoms with Gasteiger partial charge in [0.2, 0.25) is 0 Å². The Hall–Kier alpha value is -0.510. The number of rotatable bonds is 3. The summed E-state index contributed by atoms with van der Waals surface area (Å²) in [5, 5.41) is 0. The van der Waals surface area contributed by atoms with Gasteiger partial charge in [0.25, 0.3) is 0 Å². The number of halogens is 1. The first-order chi connectivity index (χ1) is 3.81. The number of hydrogen-bond donors (Lipinski definition) is 0. The van der Waals surface area contributed by atoms with Gasteiger partial charge in [-0.1, -0.05) is 6.92 Å². The lowest BCUT2D eigenvalue weighted by Gasteiger charge is -1.98. The average molecular weight is 114 g/mol. The summed E-state index contributed by atoms with van der Waals surface area (Å²) in [6.45, 7) is 1.82. The van der Waals surface area contributed by atoms with Gasteiger partial charge in [-0.05, 0) is 12.8 Å². The standard InChI is InChI=1S/C7H11F/c1-3-5-6-7(8)4-2/h1,7H,4-6H2,2H3/t7-/m0/s1.